The van der Waals surface area contributed by atoms with Gasteiger partial charge in [0.2, 0.25) is 0 Å². The van der Waals surface area contributed by atoms with Gasteiger partial charge in [0, 0.05) is 17.8 Å². The van der Waals surface area contributed by atoms with Crippen LogP contribution in [0.25, 0.3) is 0 Å². The van der Waals surface area contributed by atoms with Gasteiger partial charge in [-0.3, -0.25) is 9.59 Å². The Morgan fingerprint density at radius 3 is 2.21 bits per heavy atom. The van der Waals surface area contributed by atoms with E-state index in [0.29, 0.717) is 18.8 Å². The first-order valence-corrected chi connectivity index (χ1v) is 7.77. The third kappa shape index (κ3) is 2.51. The predicted octanol–water partition coefficient (Wildman–Crippen LogP) is 2.02. The van der Waals surface area contributed by atoms with E-state index < -0.39 is 11.6 Å². The molecular weight excluding hydrogens is 308 g/mol. The topological polar surface area (TPSA) is 113 Å². The molecule has 0 fully saturated rings. The molecule has 0 bridgehead atoms. The molecule has 6 nitrogen and oxygen atoms in total. The van der Waals surface area contributed by atoms with Crippen molar-refractivity contribution < 1.29 is 19.8 Å². The molecular formula is C18H18N2O4. The number of benzene rings is 2. The summed E-state index contributed by atoms with van der Waals surface area (Å²) in [5.74, 6) is -1.58. The van der Waals surface area contributed by atoms with Crippen LogP contribution in [0, 0.1) is 0 Å². The Balaban J connectivity index is 2.07. The van der Waals surface area contributed by atoms with Crippen molar-refractivity contribution in [2.45, 2.75) is 12.8 Å². The summed E-state index contributed by atoms with van der Waals surface area (Å²) in [6.45, 7) is 1.21. The minimum Gasteiger partial charge on any atom is -0.507 e. The van der Waals surface area contributed by atoms with Crippen molar-refractivity contribution in [3.05, 3.63) is 52.6 Å². The van der Waals surface area contributed by atoms with E-state index in [4.69, 9.17) is 5.73 Å². The lowest BCUT2D eigenvalue weighted by Gasteiger charge is -2.22. The molecule has 0 radical (unpaired) electrons. The Hall–Kier alpha value is -2.86. The summed E-state index contributed by atoms with van der Waals surface area (Å²) in [6, 6.07) is 7.37. The number of nitrogens with one attached hydrogen (secondary N) is 1. The van der Waals surface area contributed by atoms with Crippen molar-refractivity contribution in [2.75, 3.05) is 18.4 Å². The molecule has 0 atom stereocenters. The van der Waals surface area contributed by atoms with E-state index in [1.807, 2.05) is 0 Å². The van der Waals surface area contributed by atoms with Crippen LogP contribution in [0.4, 0.5) is 5.69 Å². The lowest BCUT2D eigenvalue weighted by Crippen LogP contribution is -2.23. The molecule has 6 heteroatoms. The molecule has 1 aliphatic rings. The smallest absolute Gasteiger partial charge is 0.200 e. The number of anilines is 1. The van der Waals surface area contributed by atoms with Gasteiger partial charge in [0.05, 0.1) is 16.7 Å². The number of aromatic hydroxyl groups is 2. The summed E-state index contributed by atoms with van der Waals surface area (Å²) in [4.78, 5) is 25.5. The number of carbonyl (C=O) groups is 2. The van der Waals surface area contributed by atoms with Crippen LogP contribution in [-0.4, -0.2) is 34.9 Å². The third-order valence-corrected chi connectivity index (χ3v) is 4.10. The minimum atomic E-state index is -0.477. The second kappa shape index (κ2) is 6.33. The molecule has 0 aliphatic heterocycles. The van der Waals surface area contributed by atoms with Gasteiger partial charge in [0.1, 0.15) is 11.5 Å². The van der Waals surface area contributed by atoms with Crippen LogP contribution in [-0.2, 0) is 0 Å². The number of ketones is 2. The molecule has 1 aliphatic carbocycles. The van der Waals surface area contributed by atoms with E-state index in [2.05, 4.69) is 5.32 Å². The first-order chi connectivity index (χ1) is 11.6. The number of fused-ring (bicyclic) bond motifs is 2. The fourth-order valence-electron chi connectivity index (χ4n) is 2.93. The SMILES string of the molecule is NCCCCNc1cccc2c1C(=O)c1c(O)ccc(O)c1C2=O. The maximum Gasteiger partial charge on any atom is 0.200 e. The van der Waals surface area contributed by atoms with Crippen molar-refractivity contribution in [2.24, 2.45) is 5.73 Å². The molecule has 0 heterocycles. The molecule has 2 aromatic rings. The van der Waals surface area contributed by atoms with E-state index >= 15 is 0 Å². The minimum absolute atomic E-state index is 0.146. The number of carbonyl (C=O) groups excluding carboxylic acids is 2. The second-order valence-electron chi connectivity index (χ2n) is 5.66. The van der Waals surface area contributed by atoms with Gasteiger partial charge in [0.15, 0.2) is 11.6 Å². The molecule has 0 spiro atoms. The molecule has 2 aromatic carbocycles. The summed E-state index contributed by atoms with van der Waals surface area (Å²) >= 11 is 0. The van der Waals surface area contributed by atoms with Gasteiger partial charge in [-0.1, -0.05) is 12.1 Å². The van der Waals surface area contributed by atoms with Crippen LogP contribution < -0.4 is 11.1 Å². The molecule has 24 heavy (non-hydrogen) atoms. The zero-order chi connectivity index (χ0) is 17.3. The highest BCUT2D eigenvalue weighted by Crippen LogP contribution is 2.39. The van der Waals surface area contributed by atoms with E-state index in [0.717, 1.165) is 12.8 Å². The Morgan fingerprint density at radius 2 is 1.54 bits per heavy atom. The van der Waals surface area contributed by atoms with Crippen LogP contribution in [0.15, 0.2) is 30.3 Å². The largest absolute Gasteiger partial charge is 0.507 e. The van der Waals surface area contributed by atoms with Crippen LogP contribution in [0.3, 0.4) is 0 Å². The average Bonchev–Trinajstić information content (AvgIpc) is 2.58. The van der Waals surface area contributed by atoms with Crippen molar-refractivity contribution in [1.29, 1.82) is 0 Å². The molecule has 5 N–H and O–H groups in total. The number of hydrogen-bond donors (Lipinski definition) is 4. The highest BCUT2D eigenvalue weighted by atomic mass is 16.3. The van der Waals surface area contributed by atoms with Gasteiger partial charge < -0.3 is 21.3 Å². The van der Waals surface area contributed by atoms with Gasteiger partial charge in [0.25, 0.3) is 0 Å². The van der Waals surface area contributed by atoms with Crippen LogP contribution >= 0.6 is 0 Å². The molecule has 0 aromatic heterocycles. The Bertz CT molecular complexity index is 830. The fraction of sp³-hybridized carbons (Fsp3) is 0.222. The highest BCUT2D eigenvalue weighted by Gasteiger charge is 2.35. The third-order valence-electron chi connectivity index (χ3n) is 4.10. The first kappa shape index (κ1) is 16.0. The highest BCUT2D eigenvalue weighted by molar-refractivity contribution is 6.31. The zero-order valence-electron chi connectivity index (χ0n) is 13.0. The Morgan fingerprint density at radius 1 is 0.875 bits per heavy atom. The van der Waals surface area contributed by atoms with E-state index in [1.165, 1.54) is 12.1 Å². The molecule has 0 saturated heterocycles. The molecule has 3 rings (SSSR count). The summed E-state index contributed by atoms with van der Waals surface area (Å²) in [6.07, 6.45) is 1.69. The van der Waals surface area contributed by atoms with Gasteiger partial charge in [-0.25, -0.2) is 0 Å². The molecule has 124 valence electrons. The number of nitrogens with two attached hydrogens (primary N) is 1. The van der Waals surface area contributed by atoms with E-state index in [9.17, 15) is 19.8 Å². The Labute approximate surface area is 138 Å². The second-order valence-corrected chi connectivity index (χ2v) is 5.66. The standard InChI is InChI=1S/C18H18N2O4/c19-8-1-2-9-20-11-5-3-4-10-14(11)18(24)16-13(22)7-6-12(21)15(16)17(10)23/h3-7,20-22H,1-2,8-9,19H2. The van der Waals surface area contributed by atoms with Crippen molar-refractivity contribution in [3.8, 4) is 11.5 Å². The quantitative estimate of drug-likeness (QED) is 0.421. The maximum atomic E-state index is 12.9. The lowest BCUT2D eigenvalue weighted by molar-refractivity contribution is 0.0974. The van der Waals surface area contributed by atoms with Gasteiger partial charge in [-0.2, -0.15) is 0 Å². The van der Waals surface area contributed by atoms with Crippen LogP contribution in [0.5, 0.6) is 11.5 Å². The zero-order valence-corrected chi connectivity index (χ0v) is 13.0. The Kier molecular flexibility index (Phi) is 4.22. The maximum absolute atomic E-state index is 12.9. The summed E-state index contributed by atoms with van der Waals surface area (Å²) in [7, 11) is 0. The number of unbranched alkanes of at least 4 members (excludes halogenated alkanes) is 1. The molecule has 0 unspecified atom stereocenters. The first-order valence-electron chi connectivity index (χ1n) is 7.77. The van der Waals surface area contributed by atoms with Crippen molar-refractivity contribution >= 4 is 17.3 Å². The summed E-state index contributed by atoms with van der Waals surface area (Å²) in [5.41, 5.74) is 6.15. The van der Waals surface area contributed by atoms with Crippen molar-refractivity contribution in [3.63, 3.8) is 0 Å². The number of rotatable bonds is 5. The number of hydrogen-bond acceptors (Lipinski definition) is 6. The molecule has 0 amide bonds. The fourth-order valence-corrected chi connectivity index (χ4v) is 2.93. The van der Waals surface area contributed by atoms with Crippen LogP contribution in [0.1, 0.15) is 44.7 Å². The number of phenolic OH excluding ortho intramolecular Hbond substituents is 2. The monoisotopic (exact) mass is 326 g/mol. The van der Waals surface area contributed by atoms with Crippen LogP contribution in [0.2, 0.25) is 0 Å². The normalized spacial score (nSPS) is 12.7. The van der Waals surface area contributed by atoms with E-state index in [1.54, 1.807) is 18.2 Å². The lowest BCUT2D eigenvalue weighted by atomic mass is 9.82. The average molecular weight is 326 g/mol. The van der Waals surface area contributed by atoms with Gasteiger partial charge in [-0.05, 0) is 37.6 Å². The summed E-state index contributed by atoms with van der Waals surface area (Å²) < 4.78 is 0. The summed E-state index contributed by atoms with van der Waals surface area (Å²) in [5, 5.41) is 23.1. The van der Waals surface area contributed by atoms with Gasteiger partial charge in [-0.15, -0.1) is 0 Å². The molecule has 0 saturated carbocycles. The van der Waals surface area contributed by atoms with E-state index in [-0.39, 0.29) is 33.8 Å². The predicted molar refractivity (Wildman–Crippen MR) is 89.9 cm³/mol. The number of phenols is 2. The van der Waals surface area contributed by atoms with Crippen molar-refractivity contribution in [1.82, 2.24) is 0 Å². The van der Waals surface area contributed by atoms with Gasteiger partial charge >= 0.3 is 0 Å².